The number of aromatic carboxylic acids is 1. The highest BCUT2D eigenvalue weighted by Crippen LogP contribution is 2.49. The average molecular weight is 303 g/mol. The lowest BCUT2D eigenvalue weighted by atomic mass is 10.1. The maximum atomic E-state index is 10.9. The Bertz CT molecular complexity index is 774. The van der Waals surface area contributed by atoms with Crippen molar-refractivity contribution in [3.63, 3.8) is 0 Å². The number of nitrogens with zero attached hydrogens (tertiary/aromatic N) is 1. The number of ether oxygens (including phenoxy) is 2. The lowest BCUT2D eigenvalue weighted by Crippen LogP contribution is -2.14. The van der Waals surface area contributed by atoms with Crippen molar-refractivity contribution in [1.29, 1.82) is 5.26 Å². The van der Waals surface area contributed by atoms with Crippen LogP contribution in [0.5, 0.6) is 17.2 Å². The van der Waals surface area contributed by atoms with Gasteiger partial charge in [0.15, 0.2) is 16.4 Å². The third kappa shape index (κ3) is 2.15. The number of nitriles is 1. The number of carboxylic acids is 1. The molecule has 1 aromatic carbocycles. The molecule has 0 spiro atoms. The predicted molar refractivity (Wildman–Crippen MR) is 74.1 cm³/mol. The van der Waals surface area contributed by atoms with Gasteiger partial charge in [-0.1, -0.05) is 6.07 Å². The van der Waals surface area contributed by atoms with Gasteiger partial charge < -0.3 is 19.7 Å². The van der Waals surface area contributed by atoms with Gasteiger partial charge in [0.25, 0.3) is 0 Å². The summed E-state index contributed by atoms with van der Waals surface area (Å²) in [6.07, 6.45) is 0. The summed E-state index contributed by atoms with van der Waals surface area (Å²) in [5.41, 5.74) is 0.396. The van der Waals surface area contributed by atoms with E-state index in [-0.39, 0.29) is 11.3 Å². The van der Waals surface area contributed by atoms with Crippen molar-refractivity contribution in [2.24, 2.45) is 0 Å². The van der Waals surface area contributed by atoms with Gasteiger partial charge in [0.2, 0.25) is 0 Å². The smallest absolute Gasteiger partial charge is 0.339 e. The molecule has 2 aromatic rings. The Morgan fingerprint density at radius 3 is 2.62 bits per heavy atom. The minimum absolute atomic E-state index is 0.179. The van der Waals surface area contributed by atoms with Gasteiger partial charge >= 0.3 is 5.97 Å². The van der Waals surface area contributed by atoms with Crippen LogP contribution in [0.2, 0.25) is 0 Å². The topological polar surface area (TPSA) is 99.8 Å². The van der Waals surface area contributed by atoms with Gasteiger partial charge in [-0.2, -0.15) is 5.26 Å². The van der Waals surface area contributed by atoms with Gasteiger partial charge in [-0.3, -0.25) is 0 Å². The molecule has 0 aliphatic carbocycles. The Labute approximate surface area is 123 Å². The van der Waals surface area contributed by atoms with E-state index in [1.165, 1.54) is 23.5 Å². The van der Waals surface area contributed by atoms with Crippen molar-refractivity contribution in [3.05, 3.63) is 28.6 Å². The molecule has 0 bridgehead atoms. The standard InChI is InChI=1S/C14H9NO5S/c15-6-10-11-12(20-4-3-19-11)13(21-10)7-1-2-8(14(17)18)9(16)5-7/h1-2,5,16H,3-4H2,(H,17,18). The molecular weight excluding hydrogens is 294 g/mol. The van der Waals surface area contributed by atoms with Gasteiger partial charge in [-0.05, 0) is 17.7 Å². The van der Waals surface area contributed by atoms with Crippen LogP contribution in [0.3, 0.4) is 0 Å². The molecule has 0 saturated carbocycles. The second-order valence-electron chi connectivity index (χ2n) is 4.26. The summed E-state index contributed by atoms with van der Waals surface area (Å²) in [6, 6.07) is 6.27. The Morgan fingerprint density at radius 1 is 1.29 bits per heavy atom. The number of carboxylic acid groups (broad SMARTS) is 1. The zero-order valence-electron chi connectivity index (χ0n) is 10.6. The van der Waals surface area contributed by atoms with Crippen LogP contribution in [0.1, 0.15) is 15.2 Å². The number of rotatable bonds is 2. The molecule has 21 heavy (non-hydrogen) atoms. The Balaban J connectivity index is 2.13. The monoisotopic (exact) mass is 303 g/mol. The number of phenols is 1. The summed E-state index contributed by atoms with van der Waals surface area (Å²) in [5.74, 6) is -0.669. The largest absolute Gasteiger partial charge is 0.507 e. The van der Waals surface area contributed by atoms with Gasteiger partial charge in [0.1, 0.15) is 30.6 Å². The third-order valence-electron chi connectivity index (χ3n) is 2.99. The molecule has 0 unspecified atom stereocenters. The van der Waals surface area contributed by atoms with E-state index in [0.717, 1.165) is 0 Å². The summed E-state index contributed by atoms with van der Waals surface area (Å²) in [6.45, 7) is 0.752. The SMILES string of the molecule is N#Cc1sc(-c2ccc(C(=O)O)c(O)c2)c2c1OCCO2. The van der Waals surface area contributed by atoms with Crippen LogP contribution in [0.15, 0.2) is 18.2 Å². The third-order valence-corrected chi connectivity index (χ3v) is 4.10. The molecular formula is C14H9NO5S. The van der Waals surface area contributed by atoms with E-state index in [1.807, 2.05) is 6.07 Å². The van der Waals surface area contributed by atoms with E-state index < -0.39 is 5.97 Å². The second kappa shape index (κ2) is 5.00. The fraction of sp³-hybridized carbons (Fsp3) is 0.143. The highest BCUT2D eigenvalue weighted by atomic mass is 32.1. The lowest BCUT2D eigenvalue weighted by Gasteiger charge is -2.16. The van der Waals surface area contributed by atoms with Crippen LogP contribution in [0.25, 0.3) is 10.4 Å². The number of hydrogen-bond acceptors (Lipinski definition) is 6. The van der Waals surface area contributed by atoms with E-state index >= 15 is 0 Å². The van der Waals surface area contributed by atoms with Crippen molar-refractivity contribution >= 4 is 17.3 Å². The fourth-order valence-corrected chi connectivity index (χ4v) is 3.05. The van der Waals surface area contributed by atoms with Gasteiger partial charge in [-0.15, -0.1) is 11.3 Å². The molecule has 1 aliphatic heterocycles. The minimum Gasteiger partial charge on any atom is -0.507 e. The number of thiophene rings is 1. The van der Waals surface area contributed by atoms with Crippen LogP contribution < -0.4 is 9.47 Å². The summed E-state index contributed by atoms with van der Waals surface area (Å²) in [5, 5.41) is 27.8. The second-order valence-corrected chi connectivity index (χ2v) is 5.28. The first-order valence-electron chi connectivity index (χ1n) is 6.01. The molecule has 2 N–H and O–H groups in total. The molecule has 1 aromatic heterocycles. The van der Waals surface area contributed by atoms with Crippen molar-refractivity contribution in [2.45, 2.75) is 0 Å². The van der Waals surface area contributed by atoms with E-state index in [9.17, 15) is 9.90 Å². The number of aromatic hydroxyl groups is 1. The van der Waals surface area contributed by atoms with E-state index in [4.69, 9.17) is 19.8 Å². The lowest BCUT2D eigenvalue weighted by molar-refractivity contribution is 0.0694. The maximum Gasteiger partial charge on any atom is 0.339 e. The highest BCUT2D eigenvalue weighted by Gasteiger charge is 2.26. The molecule has 0 amide bonds. The van der Waals surface area contributed by atoms with Crippen molar-refractivity contribution in [3.8, 4) is 33.8 Å². The molecule has 3 rings (SSSR count). The Kier molecular flexibility index (Phi) is 3.16. The van der Waals surface area contributed by atoms with Gasteiger partial charge in [0, 0.05) is 0 Å². The molecule has 1 aliphatic rings. The van der Waals surface area contributed by atoms with Crippen LogP contribution in [-0.2, 0) is 0 Å². The van der Waals surface area contributed by atoms with E-state index in [2.05, 4.69) is 0 Å². The maximum absolute atomic E-state index is 10.9. The summed E-state index contributed by atoms with van der Waals surface area (Å²) in [7, 11) is 0. The number of carbonyl (C=O) groups is 1. The molecule has 0 saturated heterocycles. The molecule has 106 valence electrons. The zero-order valence-corrected chi connectivity index (χ0v) is 11.4. The van der Waals surface area contributed by atoms with Crippen molar-refractivity contribution in [2.75, 3.05) is 13.2 Å². The average Bonchev–Trinajstić information content (AvgIpc) is 2.85. The predicted octanol–water partition coefficient (Wildman–Crippen LogP) is 2.46. The van der Waals surface area contributed by atoms with Crippen molar-refractivity contribution < 1.29 is 24.5 Å². The molecule has 0 radical (unpaired) electrons. The first-order valence-corrected chi connectivity index (χ1v) is 6.82. The van der Waals surface area contributed by atoms with Crippen molar-refractivity contribution in [1.82, 2.24) is 0 Å². The molecule has 0 atom stereocenters. The molecule has 6 nitrogen and oxygen atoms in total. The van der Waals surface area contributed by atoms with E-state index in [0.29, 0.717) is 40.0 Å². The first kappa shape index (κ1) is 13.3. The van der Waals surface area contributed by atoms with Crippen LogP contribution in [-0.4, -0.2) is 29.4 Å². The first-order chi connectivity index (χ1) is 10.1. The Morgan fingerprint density at radius 2 is 2.00 bits per heavy atom. The Hall–Kier alpha value is -2.72. The summed E-state index contributed by atoms with van der Waals surface area (Å²) < 4.78 is 11.0. The fourth-order valence-electron chi connectivity index (χ4n) is 2.07. The molecule has 0 fully saturated rings. The van der Waals surface area contributed by atoms with E-state index in [1.54, 1.807) is 6.07 Å². The van der Waals surface area contributed by atoms with Crippen LogP contribution in [0, 0.1) is 11.3 Å². The van der Waals surface area contributed by atoms with Crippen LogP contribution in [0.4, 0.5) is 0 Å². The highest BCUT2D eigenvalue weighted by molar-refractivity contribution is 7.16. The van der Waals surface area contributed by atoms with Gasteiger partial charge in [0.05, 0.1) is 4.88 Å². The molecule has 2 heterocycles. The zero-order chi connectivity index (χ0) is 15.0. The van der Waals surface area contributed by atoms with Crippen LogP contribution >= 0.6 is 11.3 Å². The summed E-state index contributed by atoms with van der Waals surface area (Å²) >= 11 is 1.18. The van der Waals surface area contributed by atoms with Gasteiger partial charge in [-0.25, -0.2) is 4.79 Å². The molecule has 7 heteroatoms. The summed E-state index contributed by atoms with van der Waals surface area (Å²) in [4.78, 5) is 11.9. The number of benzene rings is 1. The quantitative estimate of drug-likeness (QED) is 0.884. The normalized spacial score (nSPS) is 12.7. The number of fused-ring (bicyclic) bond motifs is 1. The minimum atomic E-state index is -1.20. The number of hydrogen-bond donors (Lipinski definition) is 2.